The standard InChI is InChI=1S/C14H8Cl2N2O2.C8H8N2O2/c15-10-5-9-6-11(16)12(10)18(9)14(20)8-3-1-2-7(4-8)13(17)19;9-7(11)5-1-2-6(4-3-5)8(10)12/h1-6H,(H2,17,19);1-4H,(H2,9,11)(H2,10,12). The van der Waals surface area contributed by atoms with E-state index in [1.165, 1.54) is 34.9 Å². The van der Waals surface area contributed by atoms with Crippen molar-refractivity contribution in [1.29, 1.82) is 0 Å². The minimum Gasteiger partial charge on any atom is -0.366 e. The molecule has 2 heterocycles. The Morgan fingerprint density at radius 3 is 1.47 bits per heavy atom. The van der Waals surface area contributed by atoms with E-state index in [1.54, 1.807) is 30.3 Å². The molecular weight excluding hydrogens is 455 g/mol. The van der Waals surface area contributed by atoms with Crippen LogP contribution >= 0.6 is 23.2 Å². The van der Waals surface area contributed by atoms with Gasteiger partial charge in [-0.15, -0.1) is 0 Å². The number of nitrogens with zero attached hydrogens (tertiary/aromatic N) is 1. The van der Waals surface area contributed by atoms with Gasteiger partial charge < -0.3 is 17.2 Å². The molecule has 6 N–H and O–H groups in total. The second-order valence-corrected chi connectivity index (χ2v) is 7.46. The first-order chi connectivity index (χ1) is 15.1. The number of primary amides is 3. The fourth-order valence-corrected chi connectivity index (χ4v) is 3.62. The summed E-state index contributed by atoms with van der Waals surface area (Å²) in [7, 11) is 0. The number of halogens is 2. The van der Waals surface area contributed by atoms with Crippen molar-refractivity contribution in [3.8, 4) is 0 Å². The average molecular weight is 471 g/mol. The molecule has 0 radical (unpaired) electrons. The van der Waals surface area contributed by atoms with Crippen LogP contribution in [0.15, 0.2) is 60.7 Å². The van der Waals surface area contributed by atoms with Crippen molar-refractivity contribution in [2.45, 2.75) is 0 Å². The van der Waals surface area contributed by atoms with E-state index in [4.69, 9.17) is 40.4 Å². The number of rotatable bonds is 4. The number of carbonyl (C=O) groups excluding carboxylic acids is 4. The third kappa shape index (κ3) is 4.56. The summed E-state index contributed by atoms with van der Waals surface area (Å²) in [4.78, 5) is 44.9. The normalized spacial score (nSPS) is 10.4. The van der Waals surface area contributed by atoms with Gasteiger partial charge in [-0.3, -0.25) is 23.7 Å². The number of carbonyl (C=O) groups is 4. The minimum atomic E-state index is -0.586. The Kier molecular flexibility index (Phi) is 6.47. The molecular formula is C22H16Cl2N4O4. The molecule has 0 spiro atoms. The highest BCUT2D eigenvalue weighted by molar-refractivity contribution is 6.42. The van der Waals surface area contributed by atoms with Crippen LogP contribution in [-0.4, -0.2) is 28.2 Å². The number of amides is 3. The lowest BCUT2D eigenvalue weighted by molar-refractivity contribution is 0.0966. The molecule has 0 aliphatic rings. The molecule has 0 fully saturated rings. The van der Waals surface area contributed by atoms with Gasteiger partial charge in [0.15, 0.2) is 0 Å². The van der Waals surface area contributed by atoms with Gasteiger partial charge in [-0.2, -0.15) is 0 Å². The summed E-state index contributed by atoms with van der Waals surface area (Å²) in [5, 5.41) is 0.846. The Balaban J connectivity index is 0.000000207. The smallest absolute Gasteiger partial charge is 0.262 e. The molecule has 162 valence electrons. The number of hydrogen-bond donors (Lipinski definition) is 3. The van der Waals surface area contributed by atoms with Crippen LogP contribution in [0.1, 0.15) is 41.4 Å². The molecule has 2 bridgehead atoms. The number of hydrogen-bond acceptors (Lipinski definition) is 4. The van der Waals surface area contributed by atoms with E-state index < -0.39 is 17.7 Å². The predicted octanol–water partition coefficient (Wildman–Crippen LogP) is 3.06. The molecule has 32 heavy (non-hydrogen) atoms. The van der Waals surface area contributed by atoms with Crippen molar-refractivity contribution in [3.05, 3.63) is 93.0 Å². The van der Waals surface area contributed by atoms with Crippen LogP contribution in [0.2, 0.25) is 10.0 Å². The maximum Gasteiger partial charge on any atom is 0.262 e. The molecule has 10 heteroatoms. The van der Waals surface area contributed by atoms with E-state index in [0.717, 1.165) is 0 Å². The Morgan fingerprint density at radius 2 is 1.06 bits per heavy atom. The molecule has 0 atom stereocenters. The summed E-state index contributed by atoms with van der Waals surface area (Å²) in [6, 6.07) is 15.4. The first-order valence-electron chi connectivity index (χ1n) is 9.03. The predicted molar refractivity (Wildman–Crippen MR) is 121 cm³/mol. The molecule has 0 aliphatic carbocycles. The molecule has 4 aromatic rings. The van der Waals surface area contributed by atoms with Crippen LogP contribution in [0.5, 0.6) is 0 Å². The van der Waals surface area contributed by atoms with Gasteiger partial charge in [0.2, 0.25) is 17.7 Å². The summed E-state index contributed by atoms with van der Waals surface area (Å²) in [5.74, 6) is -1.94. The minimum absolute atomic E-state index is 0.274. The van der Waals surface area contributed by atoms with Crippen LogP contribution < -0.4 is 17.2 Å². The van der Waals surface area contributed by atoms with Crippen molar-refractivity contribution in [2.24, 2.45) is 17.2 Å². The lowest BCUT2D eigenvalue weighted by atomic mass is 10.1. The number of nitrogens with two attached hydrogens (primary N) is 3. The highest BCUT2D eigenvalue weighted by Crippen LogP contribution is 2.35. The van der Waals surface area contributed by atoms with Gasteiger partial charge >= 0.3 is 0 Å². The summed E-state index contributed by atoms with van der Waals surface area (Å²) < 4.78 is 1.42. The fourth-order valence-electron chi connectivity index (χ4n) is 2.98. The Labute approximate surface area is 191 Å². The van der Waals surface area contributed by atoms with Crippen LogP contribution in [0.3, 0.4) is 0 Å². The van der Waals surface area contributed by atoms with E-state index in [2.05, 4.69) is 0 Å². The summed E-state index contributed by atoms with van der Waals surface area (Å²) in [6.45, 7) is 0. The fraction of sp³-hybridized carbons (Fsp3) is 0. The van der Waals surface area contributed by atoms with Crippen LogP contribution in [0.25, 0.3) is 11.0 Å². The monoisotopic (exact) mass is 470 g/mol. The number of benzene rings is 3. The highest BCUT2D eigenvalue weighted by Gasteiger charge is 2.21. The Morgan fingerprint density at radius 1 is 0.625 bits per heavy atom. The van der Waals surface area contributed by atoms with Gasteiger partial charge in [-0.05, 0) is 54.6 Å². The van der Waals surface area contributed by atoms with Gasteiger partial charge in [-0.25, -0.2) is 0 Å². The highest BCUT2D eigenvalue weighted by atomic mass is 35.5. The Bertz CT molecular complexity index is 1290. The van der Waals surface area contributed by atoms with Gasteiger partial charge in [0.25, 0.3) is 5.91 Å². The van der Waals surface area contributed by atoms with Gasteiger partial charge in [-0.1, -0.05) is 29.3 Å². The number of fused-ring (bicyclic) bond motifs is 2. The zero-order valence-corrected chi connectivity index (χ0v) is 17.9. The quantitative estimate of drug-likeness (QED) is 0.419. The summed E-state index contributed by atoms with van der Waals surface area (Å²) in [6.07, 6.45) is 0. The molecule has 0 aliphatic heterocycles. The summed E-state index contributed by atoms with van der Waals surface area (Å²) in [5.41, 5.74) is 17.6. The number of aromatic nitrogens is 1. The lowest BCUT2D eigenvalue weighted by Crippen LogP contribution is -2.14. The van der Waals surface area contributed by atoms with E-state index in [1.807, 2.05) is 0 Å². The second-order valence-electron chi connectivity index (χ2n) is 6.65. The third-order valence-corrected chi connectivity index (χ3v) is 5.11. The second kappa shape index (κ2) is 9.09. The van der Waals surface area contributed by atoms with Gasteiger partial charge in [0.1, 0.15) is 0 Å². The van der Waals surface area contributed by atoms with Crippen LogP contribution in [0, 0.1) is 0 Å². The molecule has 2 aromatic carbocycles. The first-order valence-corrected chi connectivity index (χ1v) is 9.78. The molecule has 0 saturated carbocycles. The maximum atomic E-state index is 12.5. The van der Waals surface area contributed by atoms with E-state index >= 15 is 0 Å². The third-order valence-electron chi connectivity index (χ3n) is 4.53. The molecule has 3 amide bonds. The van der Waals surface area contributed by atoms with Crippen molar-refractivity contribution in [1.82, 2.24) is 4.57 Å². The van der Waals surface area contributed by atoms with Crippen LogP contribution in [0.4, 0.5) is 0 Å². The van der Waals surface area contributed by atoms with Crippen molar-refractivity contribution < 1.29 is 19.2 Å². The largest absolute Gasteiger partial charge is 0.366 e. The van der Waals surface area contributed by atoms with Gasteiger partial charge in [0.05, 0.1) is 21.1 Å². The van der Waals surface area contributed by atoms with E-state index in [-0.39, 0.29) is 11.5 Å². The van der Waals surface area contributed by atoms with Crippen molar-refractivity contribution in [2.75, 3.05) is 0 Å². The maximum absolute atomic E-state index is 12.5. The topological polar surface area (TPSA) is 151 Å². The van der Waals surface area contributed by atoms with E-state index in [0.29, 0.717) is 37.8 Å². The zero-order chi connectivity index (χ0) is 23.6. The van der Waals surface area contributed by atoms with Crippen molar-refractivity contribution >= 4 is 57.9 Å². The molecule has 0 saturated heterocycles. The molecule has 2 aromatic heterocycles. The molecule has 4 rings (SSSR count). The molecule has 8 nitrogen and oxygen atoms in total. The zero-order valence-electron chi connectivity index (χ0n) is 16.3. The SMILES string of the molecule is NC(=O)c1ccc(C(N)=O)cc1.NC(=O)c1cccc(C(=O)n2c3cc(Cl)c2c(Cl)c3)c1. The Hall–Kier alpha value is -3.88. The average Bonchev–Trinajstić information content (AvgIpc) is 3.25. The van der Waals surface area contributed by atoms with Crippen molar-refractivity contribution in [3.63, 3.8) is 0 Å². The lowest BCUT2D eigenvalue weighted by Gasteiger charge is -2.04. The first kappa shape index (κ1) is 22.8. The summed E-state index contributed by atoms with van der Waals surface area (Å²) >= 11 is 12.0. The molecule has 0 unspecified atom stereocenters. The van der Waals surface area contributed by atoms with Crippen LogP contribution in [-0.2, 0) is 0 Å². The van der Waals surface area contributed by atoms with Gasteiger partial charge in [0, 0.05) is 22.3 Å². The van der Waals surface area contributed by atoms with E-state index in [9.17, 15) is 19.2 Å².